The van der Waals surface area contributed by atoms with E-state index in [4.69, 9.17) is 0 Å². The topological polar surface area (TPSA) is 0 Å². The zero-order valence-corrected chi connectivity index (χ0v) is 15.8. The van der Waals surface area contributed by atoms with Crippen LogP contribution in [-0.4, -0.2) is 0 Å². The van der Waals surface area contributed by atoms with E-state index in [2.05, 4.69) is 0 Å². The number of hydrogen-bond donors (Lipinski definition) is 0. The molecule has 1 aromatic carbocycles. The SMILES string of the molecule is [H-].[H-].[H-].[K+].[K+].[K+].c1ccccc1. The van der Waals surface area contributed by atoms with Gasteiger partial charge in [0, 0.05) is 0 Å². The fourth-order valence-electron chi connectivity index (χ4n) is 0.385. The van der Waals surface area contributed by atoms with Crippen molar-refractivity contribution in [1.82, 2.24) is 0 Å². The van der Waals surface area contributed by atoms with Crippen molar-refractivity contribution in [2.45, 2.75) is 0 Å². The van der Waals surface area contributed by atoms with Gasteiger partial charge in [-0.05, 0) is 0 Å². The van der Waals surface area contributed by atoms with Gasteiger partial charge in [-0.15, -0.1) is 0 Å². The van der Waals surface area contributed by atoms with Crippen molar-refractivity contribution in [3.63, 3.8) is 0 Å². The van der Waals surface area contributed by atoms with Crippen molar-refractivity contribution in [3.05, 3.63) is 36.4 Å². The maximum absolute atomic E-state index is 2.00. The van der Waals surface area contributed by atoms with Crippen LogP contribution in [0.3, 0.4) is 0 Å². The fraction of sp³-hybridized carbons (Fsp3) is 0. The van der Waals surface area contributed by atoms with E-state index in [1.165, 1.54) is 0 Å². The molecular weight excluding hydrogens is 189 g/mol. The second-order valence-electron chi connectivity index (χ2n) is 1.15. The molecule has 0 spiro atoms. The molecule has 0 saturated carbocycles. The fourth-order valence-corrected chi connectivity index (χ4v) is 0.385. The Balaban J connectivity index is -0.0000000150. The Morgan fingerprint density at radius 3 is 0.667 bits per heavy atom. The first-order valence-corrected chi connectivity index (χ1v) is 2.00. The maximum atomic E-state index is 2.00. The van der Waals surface area contributed by atoms with Crippen molar-refractivity contribution in [2.75, 3.05) is 0 Å². The molecule has 0 N–H and O–H groups in total. The Hall–Kier alpha value is 4.13. The normalized spacial score (nSPS) is 5.33. The molecule has 1 rings (SSSR count). The van der Waals surface area contributed by atoms with Gasteiger partial charge in [-0.25, -0.2) is 0 Å². The van der Waals surface area contributed by atoms with Crippen LogP contribution >= 0.6 is 0 Å². The Labute approximate surface area is 189 Å². The standard InChI is InChI=1S/C6H6.3K.3H/c1-2-4-6-5-3-1;;;;;;/h1-6H;;;;;;/q;3*+1;3*-1. The second-order valence-corrected chi connectivity index (χ2v) is 1.15. The summed E-state index contributed by atoms with van der Waals surface area (Å²) in [7, 11) is 0. The molecule has 0 atom stereocenters. The molecule has 0 aliphatic carbocycles. The van der Waals surface area contributed by atoms with E-state index in [1.807, 2.05) is 36.4 Å². The van der Waals surface area contributed by atoms with Crippen molar-refractivity contribution in [2.24, 2.45) is 0 Å². The molecular formula is C6H9K3. The van der Waals surface area contributed by atoms with Crippen molar-refractivity contribution in [1.29, 1.82) is 0 Å². The van der Waals surface area contributed by atoms with E-state index >= 15 is 0 Å². The smallest absolute Gasteiger partial charge is 1.00 e. The monoisotopic (exact) mass is 198 g/mol. The first-order chi connectivity index (χ1) is 3.00. The Morgan fingerprint density at radius 2 is 0.556 bits per heavy atom. The average Bonchev–Trinajstić information content (AvgIpc) is 1.72. The molecule has 0 nitrogen and oxygen atoms in total. The van der Waals surface area contributed by atoms with E-state index in [1.54, 1.807) is 0 Å². The summed E-state index contributed by atoms with van der Waals surface area (Å²) in [4.78, 5) is 0. The van der Waals surface area contributed by atoms with E-state index in [-0.39, 0.29) is 158 Å². The third kappa shape index (κ3) is 12.1. The van der Waals surface area contributed by atoms with Crippen molar-refractivity contribution in [3.8, 4) is 0 Å². The summed E-state index contributed by atoms with van der Waals surface area (Å²) in [6.45, 7) is 0. The van der Waals surface area contributed by atoms with Crippen molar-refractivity contribution >= 4 is 0 Å². The summed E-state index contributed by atoms with van der Waals surface area (Å²) in [5.74, 6) is 0. The summed E-state index contributed by atoms with van der Waals surface area (Å²) in [5.41, 5.74) is 0. The molecule has 0 aliphatic heterocycles. The Bertz CT molecular complexity index is 90.0. The van der Waals surface area contributed by atoms with Crippen LogP contribution in [0.4, 0.5) is 0 Å². The molecule has 0 aromatic heterocycles. The molecule has 9 heavy (non-hydrogen) atoms. The summed E-state index contributed by atoms with van der Waals surface area (Å²) in [6.07, 6.45) is 0. The molecule has 1 aromatic rings. The van der Waals surface area contributed by atoms with Crippen LogP contribution < -0.4 is 154 Å². The van der Waals surface area contributed by atoms with Gasteiger partial charge < -0.3 is 4.28 Å². The maximum Gasteiger partial charge on any atom is 1.00 e. The molecule has 0 bridgehead atoms. The molecule has 0 radical (unpaired) electrons. The van der Waals surface area contributed by atoms with Gasteiger partial charge in [0.05, 0.1) is 0 Å². The molecule has 36 valence electrons. The minimum atomic E-state index is 0. The van der Waals surface area contributed by atoms with Gasteiger partial charge in [0.25, 0.3) is 0 Å². The Morgan fingerprint density at radius 1 is 0.444 bits per heavy atom. The molecule has 3 heteroatoms. The zero-order chi connectivity index (χ0) is 4.24. The first-order valence-electron chi connectivity index (χ1n) is 2.00. The largest absolute Gasteiger partial charge is 1.00 e. The van der Waals surface area contributed by atoms with Gasteiger partial charge in [-0.3, -0.25) is 0 Å². The predicted molar refractivity (Wildman–Crippen MR) is 29.8 cm³/mol. The van der Waals surface area contributed by atoms with Crippen LogP contribution in [0.15, 0.2) is 36.4 Å². The van der Waals surface area contributed by atoms with Crippen LogP contribution in [0.5, 0.6) is 0 Å². The third-order valence-electron chi connectivity index (χ3n) is 0.667. The van der Waals surface area contributed by atoms with Gasteiger partial charge in [-0.1, -0.05) is 36.4 Å². The zero-order valence-electron chi connectivity index (χ0n) is 9.46. The van der Waals surface area contributed by atoms with E-state index < -0.39 is 0 Å². The first kappa shape index (κ1) is 18.8. The van der Waals surface area contributed by atoms with Gasteiger partial charge in [-0.2, -0.15) is 0 Å². The van der Waals surface area contributed by atoms with Gasteiger partial charge in [0.1, 0.15) is 0 Å². The number of hydrogen-bond acceptors (Lipinski definition) is 0. The van der Waals surface area contributed by atoms with E-state index in [9.17, 15) is 0 Å². The molecule has 0 saturated heterocycles. The molecule has 0 fully saturated rings. The summed E-state index contributed by atoms with van der Waals surface area (Å²) >= 11 is 0. The quantitative estimate of drug-likeness (QED) is 0.364. The van der Waals surface area contributed by atoms with Crippen LogP contribution in [-0.2, 0) is 0 Å². The van der Waals surface area contributed by atoms with E-state index in [0.717, 1.165) is 0 Å². The van der Waals surface area contributed by atoms with E-state index in [0.29, 0.717) is 0 Å². The molecule has 0 heterocycles. The van der Waals surface area contributed by atoms with Crippen LogP contribution in [0, 0.1) is 0 Å². The summed E-state index contributed by atoms with van der Waals surface area (Å²) < 4.78 is 0. The summed E-state index contributed by atoms with van der Waals surface area (Å²) in [5, 5.41) is 0. The summed E-state index contributed by atoms with van der Waals surface area (Å²) in [6, 6.07) is 12.0. The average molecular weight is 198 g/mol. The molecule has 0 amide bonds. The minimum Gasteiger partial charge on any atom is -1.00 e. The second kappa shape index (κ2) is 14.6. The third-order valence-corrected chi connectivity index (χ3v) is 0.667. The van der Waals surface area contributed by atoms with Crippen LogP contribution in [0.2, 0.25) is 0 Å². The number of rotatable bonds is 0. The number of benzene rings is 1. The van der Waals surface area contributed by atoms with Crippen molar-refractivity contribution < 1.29 is 158 Å². The van der Waals surface area contributed by atoms with Gasteiger partial charge in [0.2, 0.25) is 0 Å². The Kier molecular flexibility index (Phi) is 30.6. The molecule has 0 aliphatic rings. The molecule has 0 unspecified atom stereocenters. The minimum absolute atomic E-state index is 0. The van der Waals surface area contributed by atoms with Crippen LogP contribution in [0.1, 0.15) is 4.28 Å². The predicted octanol–water partition coefficient (Wildman–Crippen LogP) is -6.96. The van der Waals surface area contributed by atoms with Gasteiger partial charge in [0.15, 0.2) is 0 Å². The van der Waals surface area contributed by atoms with Gasteiger partial charge >= 0.3 is 154 Å². The van der Waals surface area contributed by atoms with Crippen LogP contribution in [0.25, 0.3) is 0 Å².